The van der Waals surface area contributed by atoms with Crippen LogP contribution in [-0.4, -0.2) is 19.1 Å². The van der Waals surface area contributed by atoms with Crippen LogP contribution in [0.2, 0.25) is 0 Å². The molecular weight excluding hydrogens is 372 g/mol. The highest BCUT2D eigenvalue weighted by Gasteiger charge is 2.28. The number of benzene rings is 3. The van der Waals surface area contributed by atoms with Crippen molar-refractivity contribution in [3.63, 3.8) is 0 Å². The van der Waals surface area contributed by atoms with E-state index in [9.17, 15) is 9.59 Å². The van der Waals surface area contributed by atoms with Crippen molar-refractivity contribution < 1.29 is 14.3 Å². The molecule has 0 unspecified atom stereocenters. The second-order valence-corrected chi connectivity index (χ2v) is 7.36. The van der Waals surface area contributed by atoms with Crippen molar-refractivity contribution in [3.8, 4) is 0 Å². The predicted octanol–water partition coefficient (Wildman–Crippen LogP) is 5.62. The van der Waals surface area contributed by atoms with Crippen LogP contribution < -0.4 is 10.2 Å². The second kappa shape index (κ2) is 7.40. The Labute approximate surface area is 167 Å². The third kappa shape index (κ3) is 3.12. The minimum Gasteiger partial charge on any atom is -0.465 e. The van der Waals surface area contributed by atoms with Crippen molar-refractivity contribution in [2.45, 2.75) is 16.7 Å². The van der Waals surface area contributed by atoms with Gasteiger partial charge >= 0.3 is 12.0 Å². The number of amides is 2. The van der Waals surface area contributed by atoms with Crippen LogP contribution in [0, 0.1) is 6.92 Å². The SMILES string of the molecule is COC(=O)c1cccc(NC(=O)N2c3ccccc3Sc3ccccc32)c1C. The molecule has 3 aromatic rings. The molecular formula is C22H18N2O3S. The van der Waals surface area contributed by atoms with E-state index in [-0.39, 0.29) is 6.03 Å². The van der Waals surface area contributed by atoms with E-state index in [0.717, 1.165) is 21.2 Å². The Hall–Kier alpha value is -3.25. The number of nitrogens with zero attached hydrogens (tertiary/aromatic N) is 1. The lowest BCUT2D eigenvalue weighted by molar-refractivity contribution is 0.0600. The Kier molecular flexibility index (Phi) is 4.79. The minimum absolute atomic E-state index is 0.287. The summed E-state index contributed by atoms with van der Waals surface area (Å²) in [6.45, 7) is 1.79. The maximum atomic E-state index is 13.3. The molecule has 0 aliphatic carbocycles. The fraction of sp³-hybridized carbons (Fsp3) is 0.0909. The summed E-state index contributed by atoms with van der Waals surface area (Å²) in [5.74, 6) is -0.432. The van der Waals surface area contributed by atoms with E-state index in [4.69, 9.17) is 4.74 Å². The van der Waals surface area contributed by atoms with E-state index >= 15 is 0 Å². The first-order valence-electron chi connectivity index (χ1n) is 8.75. The van der Waals surface area contributed by atoms with Gasteiger partial charge in [-0.1, -0.05) is 42.1 Å². The van der Waals surface area contributed by atoms with Crippen LogP contribution in [0.1, 0.15) is 15.9 Å². The normalized spacial score (nSPS) is 12.0. The van der Waals surface area contributed by atoms with E-state index in [1.807, 2.05) is 48.5 Å². The van der Waals surface area contributed by atoms with Gasteiger partial charge in [0.05, 0.1) is 24.0 Å². The molecule has 1 N–H and O–H groups in total. The average molecular weight is 390 g/mol. The average Bonchev–Trinajstić information content (AvgIpc) is 2.72. The van der Waals surface area contributed by atoms with Crippen LogP contribution in [0.4, 0.5) is 21.9 Å². The Morgan fingerprint density at radius 1 is 0.893 bits per heavy atom. The highest BCUT2D eigenvalue weighted by Crippen LogP contribution is 2.48. The van der Waals surface area contributed by atoms with E-state index in [1.54, 1.807) is 41.8 Å². The van der Waals surface area contributed by atoms with E-state index in [0.29, 0.717) is 16.8 Å². The molecule has 4 rings (SSSR count). The van der Waals surface area contributed by atoms with Crippen molar-refractivity contribution in [1.82, 2.24) is 0 Å². The zero-order valence-electron chi connectivity index (χ0n) is 15.4. The molecule has 5 nitrogen and oxygen atoms in total. The lowest BCUT2D eigenvalue weighted by atomic mass is 10.1. The summed E-state index contributed by atoms with van der Waals surface area (Å²) < 4.78 is 4.82. The highest BCUT2D eigenvalue weighted by atomic mass is 32.2. The van der Waals surface area contributed by atoms with Gasteiger partial charge in [0.1, 0.15) is 0 Å². The standard InChI is InChI=1S/C22H18N2O3S/c1-14-15(21(25)27-2)8-7-9-16(14)23-22(26)24-17-10-3-5-12-19(17)28-20-13-6-4-11-18(20)24/h3-13H,1-2H3,(H,23,26). The quantitative estimate of drug-likeness (QED) is 0.577. The van der Waals surface area contributed by atoms with Gasteiger partial charge < -0.3 is 10.1 Å². The molecule has 6 heteroatoms. The Morgan fingerprint density at radius 2 is 1.50 bits per heavy atom. The first-order chi connectivity index (χ1) is 13.6. The summed E-state index contributed by atoms with van der Waals surface area (Å²) in [4.78, 5) is 28.9. The van der Waals surface area contributed by atoms with Gasteiger partial charge in [-0.3, -0.25) is 4.90 Å². The number of carbonyl (C=O) groups is 2. The third-order valence-electron chi connectivity index (χ3n) is 4.62. The number of esters is 1. The highest BCUT2D eigenvalue weighted by molar-refractivity contribution is 7.99. The summed E-state index contributed by atoms with van der Waals surface area (Å²) in [7, 11) is 1.34. The Morgan fingerprint density at radius 3 is 2.11 bits per heavy atom. The number of fused-ring (bicyclic) bond motifs is 2. The minimum atomic E-state index is -0.432. The number of nitrogens with one attached hydrogen (secondary N) is 1. The van der Waals surface area contributed by atoms with Gasteiger partial charge in [0.25, 0.3) is 0 Å². The fourth-order valence-electron chi connectivity index (χ4n) is 3.20. The number of hydrogen-bond acceptors (Lipinski definition) is 4. The molecule has 2 amide bonds. The fourth-order valence-corrected chi connectivity index (χ4v) is 4.25. The molecule has 0 atom stereocenters. The number of para-hydroxylation sites is 2. The van der Waals surface area contributed by atoms with Gasteiger partial charge in [0, 0.05) is 15.5 Å². The first kappa shape index (κ1) is 18.1. The zero-order chi connectivity index (χ0) is 19.7. The number of hydrogen-bond donors (Lipinski definition) is 1. The number of ether oxygens (including phenoxy) is 1. The Balaban J connectivity index is 1.73. The summed E-state index contributed by atoms with van der Waals surface area (Å²) in [5, 5.41) is 2.95. The number of carbonyl (C=O) groups excluding carboxylic acids is 2. The number of rotatable bonds is 2. The predicted molar refractivity (Wildman–Crippen MR) is 111 cm³/mol. The van der Waals surface area contributed by atoms with Gasteiger partial charge in [-0.05, 0) is 48.9 Å². The zero-order valence-corrected chi connectivity index (χ0v) is 16.2. The molecule has 0 aromatic heterocycles. The topological polar surface area (TPSA) is 58.6 Å². The van der Waals surface area contributed by atoms with E-state index in [2.05, 4.69) is 5.32 Å². The number of methoxy groups -OCH3 is 1. The van der Waals surface area contributed by atoms with Gasteiger partial charge in [-0.15, -0.1) is 0 Å². The molecule has 0 spiro atoms. The van der Waals surface area contributed by atoms with Crippen molar-refractivity contribution in [2.75, 3.05) is 17.3 Å². The molecule has 28 heavy (non-hydrogen) atoms. The Bertz CT molecular complexity index is 1040. The largest absolute Gasteiger partial charge is 0.465 e. The van der Waals surface area contributed by atoms with Crippen LogP contribution in [0.3, 0.4) is 0 Å². The maximum absolute atomic E-state index is 13.3. The van der Waals surface area contributed by atoms with Gasteiger partial charge in [-0.2, -0.15) is 0 Å². The number of anilines is 3. The van der Waals surface area contributed by atoms with Crippen molar-refractivity contribution in [3.05, 3.63) is 77.9 Å². The summed E-state index contributed by atoms with van der Waals surface area (Å²) >= 11 is 1.64. The molecule has 1 aliphatic rings. The molecule has 0 bridgehead atoms. The van der Waals surface area contributed by atoms with Gasteiger partial charge in [-0.25, -0.2) is 9.59 Å². The van der Waals surface area contributed by atoms with E-state index < -0.39 is 5.97 Å². The van der Waals surface area contributed by atoms with Crippen LogP contribution in [0.25, 0.3) is 0 Å². The van der Waals surface area contributed by atoms with Gasteiger partial charge in [0.15, 0.2) is 0 Å². The van der Waals surface area contributed by atoms with Crippen molar-refractivity contribution in [2.24, 2.45) is 0 Å². The summed E-state index contributed by atoms with van der Waals surface area (Å²) in [6, 6.07) is 20.5. The van der Waals surface area contributed by atoms with E-state index in [1.165, 1.54) is 7.11 Å². The molecule has 0 fully saturated rings. The maximum Gasteiger partial charge on any atom is 0.338 e. The molecule has 3 aromatic carbocycles. The van der Waals surface area contributed by atoms with Crippen LogP contribution in [-0.2, 0) is 4.74 Å². The number of urea groups is 1. The first-order valence-corrected chi connectivity index (χ1v) is 9.56. The van der Waals surface area contributed by atoms with Crippen LogP contribution in [0.5, 0.6) is 0 Å². The lowest BCUT2D eigenvalue weighted by Gasteiger charge is -2.31. The monoisotopic (exact) mass is 390 g/mol. The molecule has 1 aliphatic heterocycles. The second-order valence-electron chi connectivity index (χ2n) is 6.27. The summed E-state index contributed by atoms with van der Waals surface area (Å²) in [6.07, 6.45) is 0. The van der Waals surface area contributed by atoms with Crippen molar-refractivity contribution in [1.29, 1.82) is 0 Å². The third-order valence-corrected chi connectivity index (χ3v) is 5.75. The molecule has 1 heterocycles. The lowest BCUT2D eigenvalue weighted by Crippen LogP contribution is -2.33. The smallest absolute Gasteiger partial charge is 0.338 e. The summed E-state index contributed by atoms with van der Waals surface area (Å²) in [5.41, 5.74) is 3.31. The van der Waals surface area contributed by atoms with Crippen molar-refractivity contribution >= 4 is 40.8 Å². The molecule has 0 saturated heterocycles. The van der Waals surface area contributed by atoms with Crippen LogP contribution >= 0.6 is 11.8 Å². The van der Waals surface area contributed by atoms with Crippen LogP contribution in [0.15, 0.2) is 76.5 Å². The van der Waals surface area contributed by atoms with Gasteiger partial charge in [0.2, 0.25) is 0 Å². The molecule has 0 radical (unpaired) electrons. The molecule has 140 valence electrons. The molecule has 0 saturated carbocycles.